The molecule has 82 valence electrons. The van der Waals surface area contributed by atoms with Crippen LogP contribution in [0.25, 0.3) is 11.1 Å². The number of nitrogen functional groups attached to an aromatic ring is 1. The van der Waals surface area contributed by atoms with Crippen LogP contribution in [0.4, 0.5) is 10.2 Å². The van der Waals surface area contributed by atoms with Gasteiger partial charge in [0.15, 0.2) is 0 Å². The highest BCUT2D eigenvalue weighted by Crippen LogP contribution is 2.26. The summed E-state index contributed by atoms with van der Waals surface area (Å²) in [7, 11) is 1.59. The minimum absolute atomic E-state index is 0.312. The first-order chi connectivity index (χ1) is 7.70. The second-order valence-corrected chi connectivity index (χ2v) is 3.31. The monoisotopic (exact) mass is 218 g/mol. The second-order valence-electron chi connectivity index (χ2n) is 3.31. The first-order valence-electron chi connectivity index (χ1n) is 4.76. The molecule has 0 fully saturated rings. The topological polar surface area (TPSA) is 48.1 Å². The third kappa shape index (κ3) is 1.95. The molecule has 0 atom stereocenters. The molecule has 0 aliphatic heterocycles. The van der Waals surface area contributed by atoms with Gasteiger partial charge in [0.25, 0.3) is 0 Å². The smallest absolute Gasteiger partial charge is 0.142 e. The summed E-state index contributed by atoms with van der Waals surface area (Å²) >= 11 is 0. The Kier molecular flexibility index (Phi) is 2.72. The van der Waals surface area contributed by atoms with Gasteiger partial charge in [-0.15, -0.1) is 0 Å². The van der Waals surface area contributed by atoms with Gasteiger partial charge in [0.05, 0.1) is 13.3 Å². The summed E-state index contributed by atoms with van der Waals surface area (Å²) in [6.45, 7) is 0. The van der Waals surface area contributed by atoms with Crippen molar-refractivity contribution in [3.05, 3.63) is 42.3 Å². The van der Waals surface area contributed by atoms with E-state index in [0.29, 0.717) is 11.4 Å². The van der Waals surface area contributed by atoms with Crippen LogP contribution in [0.1, 0.15) is 0 Å². The van der Waals surface area contributed by atoms with Crippen LogP contribution in [0.3, 0.4) is 0 Å². The predicted molar refractivity (Wildman–Crippen MR) is 60.6 cm³/mol. The van der Waals surface area contributed by atoms with Gasteiger partial charge >= 0.3 is 0 Å². The Hall–Kier alpha value is -2.10. The van der Waals surface area contributed by atoms with Gasteiger partial charge in [-0.25, -0.2) is 9.37 Å². The zero-order valence-electron chi connectivity index (χ0n) is 8.77. The summed E-state index contributed by atoms with van der Waals surface area (Å²) in [5, 5.41) is 0. The molecule has 2 aromatic rings. The molecule has 0 unspecified atom stereocenters. The fourth-order valence-electron chi connectivity index (χ4n) is 1.45. The number of pyridine rings is 1. The van der Waals surface area contributed by atoms with Crippen molar-refractivity contribution in [1.29, 1.82) is 0 Å². The normalized spacial score (nSPS) is 10.1. The number of rotatable bonds is 2. The maximum Gasteiger partial charge on any atom is 0.142 e. The van der Waals surface area contributed by atoms with Crippen molar-refractivity contribution in [3.63, 3.8) is 0 Å². The van der Waals surface area contributed by atoms with E-state index in [4.69, 9.17) is 10.5 Å². The Balaban J connectivity index is 2.45. The number of hydrogen-bond donors (Lipinski definition) is 1. The standard InChI is InChI=1S/C12H11FN2O/c1-16-10-4-2-8(3-5-10)11-6-9(13)7-15-12(11)14/h2-7H,1H3,(H2,14,15). The summed E-state index contributed by atoms with van der Waals surface area (Å²) in [6, 6.07) is 8.57. The number of benzene rings is 1. The Morgan fingerprint density at radius 1 is 1.25 bits per heavy atom. The average molecular weight is 218 g/mol. The summed E-state index contributed by atoms with van der Waals surface area (Å²) in [4.78, 5) is 3.77. The van der Waals surface area contributed by atoms with Gasteiger partial charge in [-0.2, -0.15) is 0 Å². The predicted octanol–water partition coefficient (Wildman–Crippen LogP) is 2.48. The molecule has 1 aromatic carbocycles. The molecule has 0 aliphatic rings. The molecule has 0 saturated heterocycles. The number of aromatic nitrogens is 1. The van der Waals surface area contributed by atoms with Crippen molar-refractivity contribution >= 4 is 5.82 Å². The second kappa shape index (κ2) is 4.18. The average Bonchev–Trinajstić information content (AvgIpc) is 2.32. The molecule has 0 saturated carbocycles. The van der Waals surface area contributed by atoms with Crippen LogP contribution >= 0.6 is 0 Å². The molecule has 0 radical (unpaired) electrons. The van der Waals surface area contributed by atoms with E-state index in [9.17, 15) is 4.39 Å². The van der Waals surface area contributed by atoms with Crippen LogP contribution in [0.15, 0.2) is 36.5 Å². The molecule has 4 heteroatoms. The zero-order valence-corrected chi connectivity index (χ0v) is 8.77. The van der Waals surface area contributed by atoms with Crippen molar-refractivity contribution in [3.8, 4) is 16.9 Å². The molecule has 1 aromatic heterocycles. The van der Waals surface area contributed by atoms with Crippen LogP contribution in [-0.4, -0.2) is 12.1 Å². The molecular formula is C12H11FN2O. The van der Waals surface area contributed by atoms with Crippen molar-refractivity contribution < 1.29 is 9.13 Å². The lowest BCUT2D eigenvalue weighted by Gasteiger charge is -2.06. The number of methoxy groups -OCH3 is 1. The first-order valence-corrected chi connectivity index (χ1v) is 4.76. The summed E-state index contributed by atoms with van der Waals surface area (Å²) in [5.41, 5.74) is 7.08. The van der Waals surface area contributed by atoms with E-state index in [1.807, 2.05) is 12.1 Å². The van der Waals surface area contributed by atoms with Gasteiger partial charge in [0, 0.05) is 5.56 Å². The van der Waals surface area contributed by atoms with E-state index in [0.717, 1.165) is 17.5 Å². The van der Waals surface area contributed by atoms with Crippen molar-refractivity contribution in [2.24, 2.45) is 0 Å². The van der Waals surface area contributed by atoms with E-state index in [-0.39, 0.29) is 0 Å². The van der Waals surface area contributed by atoms with E-state index in [1.165, 1.54) is 6.07 Å². The fraction of sp³-hybridized carbons (Fsp3) is 0.0833. The Morgan fingerprint density at radius 3 is 2.56 bits per heavy atom. The zero-order chi connectivity index (χ0) is 11.5. The lowest BCUT2D eigenvalue weighted by molar-refractivity contribution is 0.415. The first kappa shape index (κ1) is 10.4. The summed E-state index contributed by atoms with van der Waals surface area (Å²) in [6.07, 6.45) is 1.10. The van der Waals surface area contributed by atoms with Crippen LogP contribution in [0.5, 0.6) is 5.75 Å². The number of nitrogens with two attached hydrogens (primary N) is 1. The van der Waals surface area contributed by atoms with E-state index >= 15 is 0 Å². The Bertz CT molecular complexity index is 497. The minimum Gasteiger partial charge on any atom is -0.497 e. The van der Waals surface area contributed by atoms with E-state index < -0.39 is 5.82 Å². The summed E-state index contributed by atoms with van der Waals surface area (Å²) in [5.74, 6) is 0.651. The fourth-order valence-corrected chi connectivity index (χ4v) is 1.45. The molecule has 3 nitrogen and oxygen atoms in total. The highest BCUT2D eigenvalue weighted by molar-refractivity contribution is 5.73. The van der Waals surface area contributed by atoms with Crippen molar-refractivity contribution in [2.45, 2.75) is 0 Å². The molecule has 1 heterocycles. The van der Waals surface area contributed by atoms with Crippen molar-refractivity contribution in [2.75, 3.05) is 12.8 Å². The van der Waals surface area contributed by atoms with E-state index in [1.54, 1.807) is 19.2 Å². The molecule has 2 rings (SSSR count). The highest BCUT2D eigenvalue weighted by atomic mass is 19.1. The Morgan fingerprint density at radius 2 is 1.94 bits per heavy atom. The van der Waals surface area contributed by atoms with Crippen LogP contribution in [-0.2, 0) is 0 Å². The molecule has 0 bridgehead atoms. The largest absolute Gasteiger partial charge is 0.497 e. The van der Waals surface area contributed by atoms with Gasteiger partial charge in [0.2, 0.25) is 0 Å². The highest BCUT2D eigenvalue weighted by Gasteiger charge is 2.05. The number of nitrogens with zero attached hydrogens (tertiary/aromatic N) is 1. The van der Waals surface area contributed by atoms with Crippen LogP contribution in [0.2, 0.25) is 0 Å². The molecule has 0 aliphatic carbocycles. The van der Waals surface area contributed by atoms with Gasteiger partial charge in [0.1, 0.15) is 17.4 Å². The molecule has 0 spiro atoms. The molecular weight excluding hydrogens is 207 g/mol. The van der Waals surface area contributed by atoms with Gasteiger partial charge in [-0.05, 0) is 23.8 Å². The lowest BCUT2D eigenvalue weighted by atomic mass is 10.1. The molecule has 2 N–H and O–H groups in total. The number of ether oxygens (including phenoxy) is 1. The summed E-state index contributed by atoms with van der Waals surface area (Å²) < 4.78 is 18.1. The molecule has 0 amide bonds. The number of anilines is 1. The quantitative estimate of drug-likeness (QED) is 0.842. The minimum atomic E-state index is -0.403. The van der Waals surface area contributed by atoms with Crippen LogP contribution < -0.4 is 10.5 Å². The number of hydrogen-bond acceptors (Lipinski definition) is 3. The third-order valence-electron chi connectivity index (χ3n) is 2.29. The van der Waals surface area contributed by atoms with Gasteiger partial charge in [-0.3, -0.25) is 0 Å². The maximum atomic E-state index is 13.0. The SMILES string of the molecule is COc1ccc(-c2cc(F)cnc2N)cc1. The van der Waals surface area contributed by atoms with Gasteiger partial charge < -0.3 is 10.5 Å². The van der Waals surface area contributed by atoms with E-state index in [2.05, 4.69) is 4.98 Å². The maximum absolute atomic E-state index is 13.0. The molecule has 16 heavy (non-hydrogen) atoms. The number of halogens is 1. The van der Waals surface area contributed by atoms with Crippen LogP contribution in [0, 0.1) is 5.82 Å². The Labute approximate surface area is 92.7 Å². The van der Waals surface area contributed by atoms with Gasteiger partial charge in [-0.1, -0.05) is 12.1 Å². The lowest BCUT2D eigenvalue weighted by Crippen LogP contribution is -1.95. The van der Waals surface area contributed by atoms with Crippen molar-refractivity contribution in [1.82, 2.24) is 4.98 Å². The third-order valence-corrected chi connectivity index (χ3v) is 2.29.